The van der Waals surface area contributed by atoms with Crippen LogP contribution in [0.2, 0.25) is 0 Å². The molecule has 0 aliphatic rings. The quantitative estimate of drug-likeness (QED) is 0.617. The molecule has 0 unspecified atom stereocenters. The summed E-state index contributed by atoms with van der Waals surface area (Å²) < 4.78 is 10.5. The summed E-state index contributed by atoms with van der Waals surface area (Å²) in [5.41, 5.74) is 1.41. The number of hydrogen-bond donors (Lipinski definition) is 0. The molecular formula is C16H16O3S. The maximum absolute atomic E-state index is 12.3. The molecule has 0 N–H and O–H groups in total. The third-order valence-electron chi connectivity index (χ3n) is 2.92. The minimum Gasteiger partial charge on any atom is -0.497 e. The average molecular weight is 288 g/mol. The molecule has 0 fully saturated rings. The van der Waals surface area contributed by atoms with Gasteiger partial charge in [-0.25, -0.2) is 0 Å². The number of aryl methyl sites for hydroxylation is 1. The van der Waals surface area contributed by atoms with Gasteiger partial charge in [-0.05, 0) is 42.2 Å². The largest absolute Gasteiger partial charge is 0.497 e. The molecule has 1 heterocycles. The molecular weight excluding hydrogens is 272 g/mol. The van der Waals surface area contributed by atoms with Crippen molar-refractivity contribution in [2.45, 2.75) is 6.92 Å². The van der Waals surface area contributed by atoms with Gasteiger partial charge >= 0.3 is 0 Å². The Balaban J connectivity index is 2.34. The molecule has 0 saturated heterocycles. The standard InChI is InChI=1S/C16H16O3S/c1-11-9-12(18-2)10-15(19-3)16(11)14(17)7-6-13-5-4-8-20-13/h4-10H,1-3H3/b7-6+. The number of carbonyl (C=O) groups excluding carboxylic acids is 1. The number of ether oxygens (including phenoxy) is 2. The van der Waals surface area contributed by atoms with Crippen molar-refractivity contribution in [2.24, 2.45) is 0 Å². The Morgan fingerprint density at radius 2 is 2.05 bits per heavy atom. The predicted molar refractivity (Wildman–Crippen MR) is 82.0 cm³/mol. The van der Waals surface area contributed by atoms with Crippen molar-refractivity contribution in [3.8, 4) is 11.5 Å². The monoisotopic (exact) mass is 288 g/mol. The van der Waals surface area contributed by atoms with Gasteiger partial charge in [0, 0.05) is 10.9 Å². The van der Waals surface area contributed by atoms with E-state index in [1.54, 1.807) is 37.7 Å². The van der Waals surface area contributed by atoms with Gasteiger partial charge in [0.15, 0.2) is 5.78 Å². The van der Waals surface area contributed by atoms with E-state index in [4.69, 9.17) is 9.47 Å². The second-order valence-corrected chi connectivity index (χ2v) is 5.21. The molecule has 0 amide bonds. The van der Waals surface area contributed by atoms with E-state index in [9.17, 15) is 4.79 Å². The fraction of sp³-hybridized carbons (Fsp3) is 0.188. The van der Waals surface area contributed by atoms with Crippen LogP contribution in [0.3, 0.4) is 0 Å². The van der Waals surface area contributed by atoms with Gasteiger partial charge in [0.1, 0.15) is 11.5 Å². The molecule has 0 aliphatic carbocycles. The van der Waals surface area contributed by atoms with Crippen LogP contribution in [0.4, 0.5) is 0 Å². The van der Waals surface area contributed by atoms with Crippen molar-refractivity contribution in [2.75, 3.05) is 14.2 Å². The first-order valence-corrected chi connectivity index (χ1v) is 7.02. The summed E-state index contributed by atoms with van der Waals surface area (Å²) in [6.45, 7) is 1.87. The van der Waals surface area contributed by atoms with Crippen LogP contribution in [0.25, 0.3) is 6.08 Å². The van der Waals surface area contributed by atoms with Gasteiger partial charge in [-0.15, -0.1) is 11.3 Å². The van der Waals surface area contributed by atoms with Crippen LogP contribution in [-0.4, -0.2) is 20.0 Å². The molecule has 0 spiro atoms. The molecule has 2 rings (SSSR count). The first-order chi connectivity index (χ1) is 9.65. The molecule has 1 aromatic carbocycles. The SMILES string of the molecule is COc1cc(C)c(C(=O)/C=C/c2cccs2)c(OC)c1. The Morgan fingerprint density at radius 3 is 2.65 bits per heavy atom. The molecule has 2 aromatic rings. The third kappa shape index (κ3) is 3.08. The van der Waals surface area contributed by atoms with Crippen molar-refractivity contribution in [3.05, 3.63) is 51.7 Å². The van der Waals surface area contributed by atoms with Gasteiger partial charge in [-0.3, -0.25) is 4.79 Å². The molecule has 0 aliphatic heterocycles. The van der Waals surface area contributed by atoms with E-state index in [1.807, 2.05) is 36.6 Å². The van der Waals surface area contributed by atoms with Crippen molar-refractivity contribution >= 4 is 23.2 Å². The Kier molecular flexibility index (Phi) is 4.58. The molecule has 3 nitrogen and oxygen atoms in total. The maximum atomic E-state index is 12.3. The van der Waals surface area contributed by atoms with E-state index in [0.717, 1.165) is 10.4 Å². The van der Waals surface area contributed by atoms with Crippen molar-refractivity contribution in [1.82, 2.24) is 0 Å². The first kappa shape index (κ1) is 14.3. The highest BCUT2D eigenvalue weighted by Gasteiger charge is 2.14. The molecule has 104 valence electrons. The molecule has 1 aromatic heterocycles. The van der Waals surface area contributed by atoms with Crippen molar-refractivity contribution in [1.29, 1.82) is 0 Å². The maximum Gasteiger partial charge on any atom is 0.189 e. The van der Waals surface area contributed by atoms with Crippen LogP contribution < -0.4 is 9.47 Å². The zero-order valence-corrected chi connectivity index (χ0v) is 12.5. The molecule has 0 saturated carbocycles. The third-order valence-corrected chi connectivity index (χ3v) is 3.75. The Bertz CT molecular complexity index is 627. The lowest BCUT2D eigenvalue weighted by molar-refractivity contribution is 0.104. The van der Waals surface area contributed by atoms with E-state index < -0.39 is 0 Å². The molecule has 0 bridgehead atoms. The van der Waals surface area contributed by atoms with Crippen LogP contribution in [-0.2, 0) is 0 Å². The minimum absolute atomic E-state index is 0.0737. The van der Waals surface area contributed by atoms with Crippen LogP contribution in [0, 0.1) is 6.92 Å². The minimum atomic E-state index is -0.0737. The van der Waals surface area contributed by atoms with Gasteiger partial charge in [-0.2, -0.15) is 0 Å². The Hall–Kier alpha value is -2.07. The number of carbonyl (C=O) groups is 1. The second kappa shape index (κ2) is 6.39. The van der Waals surface area contributed by atoms with E-state index in [0.29, 0.717) is 17.1 Å². The van der Waals surface area contributed by atoms with Gasteiger partial charge in [0.05, 0.1) is 19.8 Å². The van der Waals surface area contributed by atoms with Gasteiger partial charge in [-0.1, -0.05) is 6.07 Å². The van der Waals surface area contributed by atoms with Crippen molar-refractivity contribution < 1.29 is 14.3 Å². The summed E-state index contributed by atoms with van der Waals surface area (Å²) >= 11 is 1.59. The lowest BCUT2D eigenvalue weighted by Crippen LogP contribution is -2.02. The molecule has 0 radical (unpaired) electrons. The second-order valence-electron chi connectivity index (χ2n) is 4.23. The lowest BCUT2D eigenvalue weighted by Gasteiger charge is -2.11. The highest BCUT2D eigenvalue weighted by atomic mass is 32.1. The highest BCUT2D eigenvalue weighted by Crippen LogP contribution is 2.29. The Morgan fingerprint density at radius 1 is 1.25 bits per heavy atom. The predicted octanol–water partition coefficient (Wildman–Crippen LogP) is 3.97. The Labute approximate surface area is 122 Å². The number of ketones is 1. The lowest BCUT2D eigenvalue weighted by atomic mass is 10.0. The van der Waals surface area contributed by atoms with E-state index in [2.05, 4.69) is 0 Å². The summed E-state index contributed by atoms with van der Waals surface area (Å²) in [6.07, 6.45) is 3.39. The van der Waals surface area contributed by atoms with E-state index in [1.165, 1.54) is 0 Å². The van der Waals surface area contributed by atoms with Crippen LogP contribution in [0.1, 0.15) is 20.8 Å². The zero-order chi connectivity index (χ0) is 14.5. The van der Waals surface area contributed by atoms with E-state index >= 15 is 0 Å². The van der Waals surface area contributed by atoms with Gasteiger partial charge in [0.25, 0.3) is 0 Å². The van der Waals surface area contributed by atoms with Crippen LogP contribution in [0.15, 0.2) is 35.7 Å². The number of hydrogen-bond acceptors (Lipinski definition) is 4. The summed E-state index contributed by atoms with van der Waals surface area (Å²) in [6, 6.07) is 7.47. The molecule has 4 heteroatoms. The summed E-state index contributed by atoms with van der Waals surface area (Å²) in [4.78, 5) is 13.4. The fourth-order valence-corrected chi connectivity index (χ4v) is 2.56. The summed E-state index contributed by atoms with van der Waals surface area (Å²) in [7, 11) is 3.14. The van der Waals surface area contributed by atoms with Crippen molar-refractivity contribution in [3.63, 3.8) is 0 Å². The number of allylic oxidation sites excluding steroid dienone is 1. The van der Waals surface area contributed by atoms with Gasteiger partial charge in [0.2, 0.25) is 0 Å². The molecule has 0 atom stereocenters. The topological polar surface area (TPSA) is 35.5 Å². The number of thiophene rings is 1. The smallest absolute Gasteiger partial charge is 0.189 e. The van der Waals surface area contributed by atoms with E-state index in [-0.39, 0.29) is 5.78 Å². The normalized spacial score (nSPS) is 10.8. The number of benzene rings is 1. The first-order valence-electron chi connectivity index (χ1n) is 6.14. The summed E-state index contributed by atoms with van der Waals surface area (Å²) in [5, 5.41) is 1.98. The highest BCUT2D eigenvalue weighted by molar-refractivity contribution is 7.10. The average Bonchev–Trinajstić information content (AvgIpc) is 2.97. The van der Waals surface area contributed by atoms with Gasteiger partial charge < -0.3 is 9.47 Å². The fourth-order valence-electron chi connectivity index (χ4n) is 1.94. The van der Waals surface area contributed by atoms with Crippen LogP contribution >= 0.6 is 11.3 Å². The number of rotatable bonds is 5. The zero-order valence-electron chi connectivity index (χ0n) is 11.7. The number of methoxy groups -OCH3 is 2. The van der Waals surface area contributed by atoms with Crippen LogP contribution in [0.5, 0.6) is 11.5 Å². The molecule has 20 heavy (non-hydrogen) atoms. The summed E-state index contributed by atoms with van der Waals surface area (Å²) in [5.74, 6) is 1.14.